The van der Waals surface area contributed by atoms with Crippen molar-refractivity contribution in [2.45, 2.75) is 19.3 Å². The first-order valence-electron chi connectivity index (χ1n) is 7.19. The Balaban J connectivity index is 1.82. The van der Waals surface area contributed by atoms with E-state index >= 15 is 0 Å². The first kappa shape index (κ1) is 15.6. The minimum Gasteiger partial charge on any atom is -0.493 e. The fourth-order valence-electron chi connectivity index (χ4n) is 3.32. The molecule has 1 aromatic carbocycles. The van der Waals surface area contributed by atoms with Gasteiger partial charge in [-0.15, -0.1) is 0 Å². The molecule has 3 nitrogen and oxygen atoms in total. The fourth-order valence-corrected chi connectivity index (χ4v) is 6.26. The number of hydrogen-bond acceptors (Lipinski definition) is 3. The number of alkyl halides is 1. The van der Waals surface area contributed by atoms with Crippen molar-refractivity contribution < 1.29 is 13.2 Å². The molecule has 2 aliphatic heterocycles. The Morgan fingerprint density at radius 2 is 2.24 bits per heavy atom. The van der Waals surface area contributed by atoms with Gasteiger partial charge < -0.3 is 4.74 Å². The maximum absolute atomic E-state index is 11.7. The zero-order valence-corrected chi connectivity index (χ0v) is 14.8. The van der Waals surface area contributed by atoms with Gasteiger partial charge in [0.25, 0.3) is 0 Å². The molecule has 0 amide bonds. The van der Waals surface area contributed by atoms with Crippen LogP contribution in [0.4, 0.5) is 0 Å². The van der Waals surface area contributed by atoms with Crippen LogP contribution in [0.25, 0.3) is 0 Å². The normalized spacial score (nSPS) is 24.6. The summed E-state index contributed by atoms with van der Waals surface area (Å²) >= 11 is 9.75. The number of halogens is 2. The molecule has 6 heteroatoms. The lowest BCUT2D eigenvalue weighted by Crippen LogP contribution is -2.20. The highest BCUT2D eigenvalue weighted by atomic mass is 79.9. The topological polar surface area (TPSA) is 43.4 Å². The second-order valence-electron chi connectivity index (χ2n) is 5.93. The Labute approximate surface area is 139 Å². The molecule has 0 spiro atoms. The van der Waals surface area contributed by atoms with Crippen LogP contribution in [0.2, 0.25) is 5.02 Å². The zero-order valence-electron chi connectivity index (χ0n) is 11.6. The highest BCUT2D eigenvalue weighted by Gasteiger charge is 2.34. The van der Waals surface area contributed by atoms with Gasteiger partial charge in [0.05, 0.1) is 18.1 Å². The van der Waals surface area contributed by atoms with Crippen LogP contribution in [-0.2, 0) is 22.7 Å². The van der Waals surface area contributed by atoms with E-state index in [9.17, 15) is 8.42 Å². The van der Waals surface area contributed by atoms with Crippen molar-refractivity contribution in [2.75, 3.05) is 23.4 Å². The number of fused-ring (bicyclic) bond motifs is 1. The zero-order chi connectivity index (χ0) is 15.0. The van der Waals surface area contributed by atoms with Crippen molar-refractivity contribution in [3.05, 3.63) is 28.3 Å². The lowest BCUT2D eigenvalue weighted by molar-refractivity contribution is 0.345. The molecule has 0 bridgehead atoms. The average Bonchev–Trinajstić information content (AvgIpc) is 3.01. The molecule has 2 aliphatic rings. The summed E-state index contributed by atoms with van der Waals surface area (Å²) < 4.78 is 29.1. The number of sulfone groups is 1. The molecule has 3 rings (SSSR count). The van der Waals surface area contributed by atoms with Crippen LogP contribution in [0.3, 0.4) is 0 Å². The van der Waals surface area contributed by atoms with Crippen LogP contribution in [0.5, 0.6) is 5.75 Å². The summed E-state index contributed by atoms with van der Waals surface area (Å²) in [5.74, 6) is 2.13. The van der Waals surface area contributed by atoms with E-state index in [1.807, 2.05) is 12.1 Å². The van der Waals surface area contributed by atoms with E-state index in [1.54, 1.807) is 0 Å². The third-order valence-electron chi connectivity index (χ3n) is 4.44. The van der Waals surface area contributed by atoms with Gasteiger partial charge in [-0.25, -0.2) is 8.42 Å². The molecule has 0 radical (unpaired) electrons. The van der Waals surface area contributed by atoms with Gasteiger partial charge in [0.1, 0.15) is 5.75 Å². The highest BCUT2D eigenvalue weighted by molar-refractivity contribution is 9.09. The minimum atomic E-state index is -2.84. The van der Waals surface area contributed by atoms with Crippen molar-refractivity contribution >= 4 is 37.4 Å². The molecule has 0 saturated carbocycles. The summed E-state index contributed by atoms with van der Waals surface area (Å²) in [6.07, 6.45) is 2.48. The maximum atomic E-state index is 11.7. The lowest BCUT2D eigenvalue weighted by atomic mass is 9.87. The van der Waals surface area contributed by atoms with Crippen LogP contribution in [-0.4, -0.2) is 31.9 Å². The summed E-state index contributed by atoms with van der Waals surface area (Å²) in [4.78, 5) is 0. The molecule has 1 aromatic rings. The number of ether oxygens (including phenoxy) is 1. The molecule has 2 atom stereocenters. The van der Waals surface area contributed by atoms with Crippen LogP contribution < -0.4 is 4.74 Å². The number of benzene rings is 1. The summed E-state index contributed by atoms with van der Waals surface area (Å²) in [5.41, 5.74) is 2.29. The highest BCUT2D eigenvalue weighted by Crippen LogP contribution is 2.37. The van der Waals surface area contributed by atoms with Gasteiger partial charge in [-0.2, -0.15) is 0 Å². The molecule has 0 aromatic heterocycles. The molecule has 2 unspecified atom stereocenters. The lowest BCUT2D eigenvalue weighted by Gasteiger charge is -2.21. The van der Waals surface area contributed by atoms with Crippen LogP contribution in [0.1, 0.15) is 17.5 Å². The first-order chi connectivity index (χ1) is 9.98. The van der Waals surface area contributed by atoms with E-state index in [0.29, 0.717) is 24.0 Å². The Hall–Kier alpha value is -0.260. The van der Waals surface area contributed by atoms with E-state index in [4.69, 9.17) is 16.3 Å². The van der Waals surface area contributed by atoms with Gasteiger partial charge >= 0.3 is 0 Å². The molecule has 2 heterocycles. The van der Waals surface area contributed by atoms with Crippen molar-refractivity contribution in [1.29, 1.82) is 0 Å². The Morgan fingerprint density at radius 1 is 1.43 bits per heavy atom. The van der Waals surface area contributed by atoms with Crippen molar-refractivity contribution in [3.8, 4) is 5.75 Å². The Morgan fingerprint density at radius 3 is 2.90 bits per heavy atom. The molecule has 1 fully saturated rings. The van der Waals surface area contributed by atoms with E-state index in [2.05, 4.69) is 15.9 Å². The smallest absolute Gasteiger partial charge is 0.150 e. The van der Waals surface area contributed by atoms with Gasteiger partial charge in [0.15, 0.2) is 9.84 Å². The molecular formula is C15H18BrClO3S. The van der Waals surface area contributed by atoms with E-state index in [-0.39, 0.29) is 5.92 Å². The molecule has 1 saturated heterocycles. The summed E-state index contributed by atoms with van der Waals surface area (Å²) in [6.45, 7) is 0.708. The SMILES string of the molecule is O=S1(=O)CCC(C(CBr)Cc2cc(Cl)cc3c2OCC3)C1. The second kappa shape index (κ2) is 6.09. The summed E-state index contributed by atoms with van der Waals surface area (Å²) in [5, 5.41) is 1.54. The third kappa shape index (κ3) is 3.40. The van der Waals surface area contributed by atoms with Crippen LogP contribution in [0.15, 0.2) is 12.1 Å². The van der Waals surface area contributed by atoms with Crippen molar-refractivity contribution in [3.63, 3.8) is 0 Å². The standard InChI is InChI=1S/C15H18BrClO3S/c16-8-13(11-2-4-21(18,19)9-11)5-12-7-14(17)6-10-1-3-20-15(10)12/h6-7,11,13H,1-5,8-9H2. The van der Waals surface area contributed by atoms with Gasteiger partial charge in [-0.1, -0.05) is 27.5 Å². The maximum Gasteiger partial charge on any atom is 0.150 e. The monoisotopic (exact) mass is 392 g/mol. The van der Waals surface area contributed by atoms with E-state index in [0.717, 1.165) is 40.9 Å². The van der Waals surface area contributed by atoms with Crippen LogP contribution in [0, 0.1) is 11.8 Å². The summed E-state index contributed by atoms with van der Waals surface area (Å²) in [6, 6.07) is 3.93. The summed E-state index contributed by atoms with van der Waals surface area (Å²) in [7, 11) is -2.84. The largest absolute Gasteiger partial charge is 0.493 e. The molecular weight excluding hydrogens is 376 g/mol. The van der Waals surface area contributed by atoms with Gasteiger partial charge in [0.2, 0.25) is 0 Å². The predicted octanol–water partition coefficient (Wildman–Crippen LogP) is 3.26. The van der Waals surface area contributed by atoms with Crippen molar-refractivity contribution in [2.24, 2.45) is 11.8 Å². The van der Waals surface area contributed by atoms with Gasteiger partial charge in [-0.3, -0.25) is 0 Å². The molecule has 116 valence electrons. The average molecular weight is 394 g/mol. The first-order valence-corrected chi connectivity index (χ1v) is 10.5. The predicted molar refractivity (Wildman–Crippen MR) is 88.4 cm³/mol. The molecule has 21 heavy (non-hydrogen) atoms. The number of rotatable bonds is 4. The number of hydrogen-bond donors (Lipinski definition) is 0. The Kier molecular flexibility index (Phi) is 4.53. The van der Waals surface area contributed by atoms with Crippen LogP contribution >= 0.6 is 27.5 Å². The minimum absolute atomic E-state index is 0.227. The third-order valence-corrected chi connectivity index (χ3v) is 7.28. The fraction of sp³-hybridized carbons (Fsp3) is 0.600. The molecule has 0 aliphatic carbocycles. The second-order valence-corrected chi connectivity index (χ2v) is 9.25. The Bertz CT molecular complexity index is 645. The van der Waals surface area contributed by atoms with E-state index in [1.165, 1.54) is 5.56 Å². The van der Waals surface area contributed by atoms with Crippen molar-refractivity contribution in [1.82, 2.24) is 0 Å². The van der Waals surface area contributed by atoms with E-state index < -0.39 is 9.84 Å². The quantitative estimate of drug-likeness (QED) is 0.737. The molecule has 0 N–H and O–H groups in total. The van der Waals surface area contributed by atoms with Gasteiger partial charge in [0, 0.05) is 16.8 Å². The van der Waals surface area contributed by atoms with Gasteiger partial charge in [-0.05, 0) is 47.9 Å².